The Labute approximate surface area is 169 Å². The van der Waals surface area contributed by atoms with Crippen molar-refractivity contribution in [2.45, 2.75) is 12.5 Å². The molecule has 3 rings (SSSR count). The first-order valence-electron chi connectivity index (χ1n) is 9.19. The topological polar surface area (TPSA) is 77.1 Å². The van der Waals surface area contributed by atoms with Crippen LogP contribution in [-0.2, 0) is 9.59 Å². The van der Waals surface area contributed by atoms with E-state index in [9.17, 15) is 9.59 Å². The fourth-order valence-corrected chi connectivity index (χ4v) is 3.21. The van der Waals surface area contributed by atoms with E-state index in [1.165, 1.54) is 6.08 Å². The third kappa shape index (κ3) is 4.87. The van der Waals surface area contributed by atoms with Crippen molar-refractivity contribution >= 4 is 23.6 Å². The maximum atomic E-state index is 12.4. The van der Waals surface area contributed by atoms with E-state index in [0.29, 0.717) is 23.8 Å². The molecule has 0 spiro atoms. The van der Waals surface area contributed by atoms with Gasteiger partial charge in [0.2, 0.25) is 11.8 Å². The summed E-state index contributed by atoms with van der Waals surface area (Å²) in [4.78, 5) is 26.3. The maximum absolute atomic E-state index is 12.4. The van der Waals surface area contributed by atoms with Gasteiger partial charge in [-0.2, -0.15) is 0 Å². The van der Waals surface area contributed by atoms with Gasteiger partial charge in [-0.1, -0.05) is 12.1 Å². The highest BCUT2D eigenvalue weighted by Gasteiger charge is 2.31. The largest absolute Gasteiger partial charge is 0.497 e. The number of ether oxygens (including phenoxy) is 3. The zero-order chi connectivity index (χ0) is 20.8. The van der Waals surface area contributed by atoms with Crippen molar-refractivity contribution in [1.29, 1.82) is 0 Å². The van der Waals surface area contributed by atoms with Gasteiger partial charge >= 0.3 is 0 Å². The maximum Gasteiger partial charge on any atom is 0.244 e. The number of nitrogens with one attached hydrogen (secondary N) is 1. The Kier molecular flexibility index (Phi) is 6.39. The van der Waals surface area contributed by atoms with Crippen LogP contribution < -0.4 is 24.4 Å². The zero-order valence-electron chi connectivity index (χ0n) is 16.7. The molecule has 7 nitrogen and oxygen atoms in total. The average Bonchev–Trinajstić information content (AvgIpc) is 3.11. The molecule has 0 aliphatic carbocycles. The number of rotatable bonds is 7. The molecule has 1 aliphatic rings. The number of hydrogen-bond acceptors (Lipinski definition) is 5. The minimum absolute atomic E-state index is 0.0348. The van der Waals surface area contributed by atoms with Crippen molar-refractivity contribution < 1.29 is 23.8 Å². The number of benzene rings is 2. The molecule has 1 aliphatic heterocycles. The summed E-state index contributed by atoms with van der Waals surface area (Å²) in [5, 5.41) is 2.88. The van der Waals surface area contributed by atoms with E-state index < -0.39 is 0 Å². The molecule has 0 radical (unpaired) electrons. The lowest BCUT2D eigenvalue weighted by atomic mass is 10.2. The highest BCUT2D eigenvalue weighted by molar-refractivity contribution is 5.98. The number of amides is 2. The van der Waals surface area contributed by atoms with Crippen LogP contribution in [0.3, 0.4) is 0 Å². The van der Waals surface area contributed by atoms with Gasteiger partial charge in [0.25, 0.3) is 0 Å². The summed E-state index contributed by atoms with van der Waals surface area (Å²) in [5.74, 6) is 1.60. The van der Waals surface area contributed by atoms with Gasteiger partial charge in [0.1, 0.15) is 5.75 Å². The van der Waals surface area contributed by atoms with Gasteiger partial charge in [-0.05, 0) is 35.9 Å². The van der Waals surface area contributed by atoms with Crippen LogP contribution in [0.1, 0.15) is 12.0 Å². The first-order valence-corrected chi connectivity index (χ1v) is 9.19. The summed E-state index contributed by atoms with van der Waals surface area (Å²) in [6.45, 7) is 0.419. The Morgan fingerprint density at radius 1 is 1.07 bits per heavy atom. The summed E-state index contributed by atoms with van der Waals surface area (Å²) in [5.41, 5.74) is 1.56. The van der Waals surface area contributed by atoms with Gasteiger partial charge < -0.3 is 24.4 Å². The molecule has 152 valence electrons. The first kappa shape index (κ1) is 20.3. The number of hydrogen-bond donors (Lipinski definition) is 1. The van der Waals surface area contributed by atoms with Crippen LogP contribution in [0, 0.1) is 0 Å². The van der Waals surface area contributed by atoms with Gasteiger partial charge in [0.15, 0.2) is 11.5 Å². The van der Waals surface area contributed by atoms with E-state index in [1.807, 2.05) is 24.3 Å². The minimum Gasteiger partial charge on any atom is -0.497 e. The van der Waals surface area contributed by atoms with E-state index in [1.54, 1.807) is 50.5 Å². The van der Waals surface area contributed by atoms with Crippen LogP contribution in [0.25, 0.3) is 6.08 Å². The number of methoxy groups -OCH3 is 3. The third-order valence-electron chi connectivity index (χ3n) is 4.67. The summed E-state index contributed by atoms with van der Waals surface area (Å²) >= 11 is 0. The molecule has 0 bridgehead atoms. The highest BCUT2D eigenvalue weighted by atomic mass is 16.5. The van der Waals surface area contributed by atoms with Gasteiger partial charge in [-0.25, -0.2) is 0 Å². The molecular formula is C22H24N2O5. The molecule has 29 heavy (non-hydrogen) atoms. The number of carbonyl (C=O) groups excluding carboxylic acids is 2. The Balaban J connectivity index is 1.61. The predicted molar refractivity (Wildman–Crippen MR) is 110 cm³/mol. The number of anilines is 1. The van der Waals surface area contributed by atoms with E-state index in [4.69, 9.17) is 14.2 Å². The summed E-state index contributed by atoms with van der Waals surface area (Å²) in [6.07, 6.45) is 3.39. The minimum atomic E-state index is -0.259. The summed E-state index contributed by atoms with van der Waals surface area (Å²) in [7, 11) is 4.71. The molecule has 0 saturated carbocycles. The first-order chi connectivity index (χ1) is 14.0. The Morgan fingerprint density at radius 3 is 2.59 bits per heavy atom. The average molecular weight is 396 g/mol. The Morgan fingerprint density at radius 2 is 1.86 bits per heavy atom. The predicted octanol–water partition coefficient (Wildman–Crippen LogP) is 2.65. The molecule has 2 aromatic rings. The van der Waals surface area contributed by atoms with E-state index in [2.05, 4.69) is 5.32 Å². The fourth-order valence-electron chi connectivity index (χ4n) is 3.21. The summed E-state index contributed by atoms with van der Waals surface area (Å²) in [6, 6.07) is 12.4. The van der Waals surface area contributed by atoms with Crippen molar-refractivity contribution in [2.75, 3.05) is 32.8 Å². The van der Waals surface area contributed by atoms with Gasteiger partial charge in [-0.15, -0.1) is 0 Å². The molecule has 7 heteroatoms. The molecule has 0 aromatic heterocycles. The monoisotopic (exact) mass is 396 g/mol. The van der Waals surface area contributed by atoms with Gasteiger partial charge in [-0.3, -0.25) is 9.59 Å². The lowest BCUT2D eigenvalue weighted by Gasteiger charge is -2.17. The van der Waals surface area contributed by atoms with Crippen molar-refractivity contribution in [3.8, 4) is 17.2 Å². The van der Waals surface area contributed by atoms with E-state index in [0.717, 1.165) is 11.3 Å². The fraction of sp³-hybridized carbons (Fsp3) is 0.273. The lowest BCUT2D eigenvalue weighted by molar-refractivity contribution is -0.117. The Hall–Kier alpha value is -3.48. The smallest absolute Gasteiger partial charge is 0.244 e. The molecule has 1 fully saturated rings. The van der Waals surface area contributed by atoms with Crippen LogP contribution in [0.5, 0.6) is 17.2 Å². The second-order valence-electron chi connectivity index (χ2n) is 6.56. The van der Waals surface area contributed by atoms with Crippen LogP contribution in [0.4, 0.5) is 5.69 Å². The van der Waals surface area contributed by atoms with Crippen molar-refractivity contribution in [3.05, 3.63) is 54.1 Å². The van der Waals surface area contributed by atoms with Crippen molar-refractivity contribution in [2.24, 2.45) is 0 Å². The Bertz CT molecular complexity index is 925. The molecule has 0 unspecified atom stereocenters. The highest BCUT2D eigenvalue weighted by Crippen LogP contribution is 2.28. The SMILES string of the molecule is COc1cccc(N2C[C@@H](NC(=O)/C=C\c3ccc(OC)c(OC)c3)CC2=O)c1. The second kappa shape index (κ2) is 9.14. The molecule has 2 aromatic carbocycles. The third-order valence-corrected chi connectivity index (χ3v) is 4.67. The normalized spacial score (nSPS) is 16.2. The van der Waals surface area contributed by atoms with Gasteiger partial charge in [0.05, 0.1) is 27.4 Å². The number of nitrogens with zero attached hydrogens (tertiary/aromatic N) is 1. The van der Waals surface area contributed by atoms with Crippen molar-refractivity contribution in [3.63, 3.8) is 0 Å². The molecular weight excluding hydrogens is 372 g/mol. The van der Waals surface area contributed by atoms with Crippen LogP contribution >= 0.6 is 0 Å². The molecule has 1 atom stereocenters. The molecule has 1 N–H and O–H groups in total. The second-order valence-corrected chi connectivity index (χ2v) is 6.56. The van der Waals surface area contributed by atoms with Gasteiger partial charge in [0, 0.05) is 30.8 Å². The summed E-state index contributed by atoms with van der Waals surface area (Å²) < 4.78 is 15.7. The van der Waals surface area contributed by atoms with Crippen LogP contribution in [0.15, 0.2) is 48.5 Å². The standard InChI is InChI=1S/C22H24N2O5/c1-27-18-6-4-5-17(13-18)24-14-16(12-22(24)26)23-21(25)10-8-15-7-9-19(28-2)20(11-15)29-3/h4-11,13,16H,12,14H2,1-3H3,(H,23,25)/b10-8-/t16-/m0/s1. The quantitative estimate of drug-likeness (QED) is 0.728. The molecule has 2 amide bonds. The van der Waals surface area contributed by atoms with E-state index in [-0.39, 0.29) is 24.3 Å². The van der Waals surface area contributed by atoms with Crippen LogP contribution in [-0.4, -0.2) is 45.7 Å². The van der Waals surface area contributed by atoms with Crippen LogP contribution in [0.2, 0.25) is 0 Å². The number of carbonyl (C=O) groups is 2. The van der Waals surface area contributed by atoms with Crippen molar-refractivity contribution in [1.82, 2.24) is 5.32 Å². The molecule has 1 saturated heterocycles. The molecule has 1 heterocycles. The lowest BCUT2D eigenvalue weighted by Crippen LogP contribution is -2.36. The van der Waals surface area contributed by atoms with E-state index >= 15 is 0 Å². The zero-order valence-corrected chi connectivity index (χ0v) is 16.7.